The largest absolute Gasteiger partial charge is 1.00 e. The van der Waals surface area contributed by atoms with Crippen molar-refractivity contribution in [3.63, 3.8) is 0 Å². The Kier molecular flexibility index (Phi) is 40.1. The van der Waals surface area contributed by atoms with E-state index in [1.807, 2.05) is 13.8 Å². The van der Waals surface area contributed by atoms with Crippen LogP contribution in [0.3, 0.4) is 0 Å². The van der Waals surface area contributed by atoms with E-state index in [4.69, 9.17) is 41.0 Å². The van der Waals surface area contributed by atoms with Crippen LogP contribution in [0, 0.1) is 40.5 Å². The molecular weight excluding hydrogens is 907 g/mol. The third kappa shape index (κ3) is 26.6. The van der Waals surface area contributed by atoms with E-state index in [9.17, 15) is 19.4 Å². The van der Waals surface area contributed by atoms with Crippen LogP contribution < -0.4 is 40.3 Å². The molecule has 23 heteroatoms. The van der Waals surface area contributed by atoms with E-state index in [0.717, 1.165) is 5.56 Å². The summed E-state index contributed by atoms with van der Waals surface area (Å²) in [5, 5.41) is 37.0. The van der Waals surface area contributed by atoms with Crippen LogP contribution in [0.2, 0.25) is 5.15 Å². The molecule has 0 aliphatic carbocycles. The normalized spacial score (nSPS) is 10.5. The van der Waals surface area contributed by atoms with Crippen LogP contribution in [0.4, 0.5) is 0 Å². The molecule has 1 aliphatic heterocycles. The van der Waals surface area contributed by atoms with Crippen LogP contribution in [-0.4, -0.2) is 119 Å². The molecule has 0 saturated heterocycles. The van der Waals surface area contributed by atoms with E-state index >= 15 is 0 Å². The van der Waals surface area contributed by atoms with E-state index in [0.29, 0.717) is 75.3 Å². The minimum absolute atomic E-state index is 0. The predicted molar refractivity (Wildman–Crippen MR) is 259 cm³/mol. The molecule has 68 heavy (non-hydrogen) atoms. The number of nitrogens with zero attached hydrogens (tertiary/aromatic N) is 8. The first-order valence-electron chi connectivity index (χ1n) is 20.2. The van der Waals surface area contributed by atoms with Crippen LogP contribution in [0.15, 0.2) is 61.2 Å². The van der Waals surface area contributed by atoms with Gasteiger partial charge in [0.1, 0.15) is 41.1 Å². The molecule has 0 bridgehead atoms. The molecule has 0 fully saturated rings. The van der Waals surface area contributed by atoms with Gasteiger partial charge in [0.05, 0.1) is 31.2 Å². The smallest absolute Gasteiger partial charge is 1.00 e. The number of halogens is 1. The van der Waals surface area contributed by atoms with Crippen molar-refractivity contribution in [2.45, 2.75) is 110 Å². The molecule has 1 amide bonds. The van der Waals surface area contributed by atoms with Crippen molar-refractivity contribution in [2.24, 2.45) is 5.92 Å². The standard InChI is InChI=1S/C20H24BN3O5.C8H10N2O2.C6H8N2O.C5H5ClN2.2C2H6O.2CH4.B.Na.H/c1-11(2)18(20(26)28-10-15-7-8-22-13(4)23-15)24-19(25)16-6-5-14-9-29-21(27)17(14)12(16)3;1-3-12-8(11)7-4-5-9-6(2)10-7;1-5-7-3-2-6(4-9)8-5;1-4-7-3-2-5(6)8-4;2*1-2-3;;;;;/h5-8,11,18,27H,9-10H2,1-4H3,(H,24,25);4-5H,3H2,1-2H3;2-3,9H,4H2,1H3;2-3H,1H3;2*3H,2H2,1H3;2*1H4;;;/q;;;;;;;;;+1;-1/t18-;;;;;;;;;;/m0........../s1. The van der Waals surface area contributed by atoms with Gasteiger partial charge in [0.25, 0.3) is 5.91 Å². The van der Waals surface area contributed by atoms with Gasteiger partial charge in [0, 0.05) is 52.0 Å². The number of fused-ring (bicyclic) bond motifs is 1. The Labute approximate surface area is 432 Å². The molecule has 6 rings (SSSR count). The van der Waals surface area contributed by atoms with Crippen molar-refractivity contribution in [2.75, 3.05) is 19.8 Å². The molecule has 1 aromatic carbocycles. The first-order valence-corrected chi connectivity index (χ1v) is 20.5. The summed E-state index contributed by atoms with van der Waals surface area (Å²) in [6.45, 7) is 18.8. The Balaban J connectivity index is -0.000000283. The Morgan fingerprint density at radius 1 is 0.765 bits per heavy atom. The van der Waals surface area contributed by atoms with Gasteiger partial charge >= 0.3 is 48.6 Å². The molecular formula is C45H68B2ClN9NaO10. The topological polar surface area (TPSA) is 275 Å². The zero-order chi connectivity index (χ0) is 48.2. The van der Waals surface area contributed by atoms with Gasteiger partial charge in [0.2, 0.25) is 0 Å². The van der Waals surface area contributed by atoms with E-state index in [-0.39, 0.29) is 86.6 Å². The van der Waals surface area contributed by atoms with Gasteiger partial charge in [-0.05, 0) is 108 Å². The Morgan fingerprint density at radius 2 is 1.25 bits per heavy atom. The number of aryl methyl sites for hydroxylation is 4. The first-order chi connectivity index (χ1) is 30.5. The number of rotatable bonds is 9. The second-order valence-electron chi connectivity index (χ2n) is 13.4. The molecule has 5 aromatic rings. The number of nitrogens with one attached hydrogen (secondary N) is 1. The maximum atomic E-state index is 12.8. The van der Waals surface area contributed by atoms with Crippen molar-refractivity contribution < 1.29 is 79.8 Å². The zero-order valence-corrected chi connectivity index (χ0v) is 42.3. The van der Waals surface area contributed by atoms with Gasteiger partial charge in [-0.15, -0.1) is 0 Å². The molecule has 1 atom stereocenters. The second-order valence-corrected chi connectivity index (χ2v) is 13.8. The SMILES string of the molecule is C.C.CCO.CCO.CCOC(=O)c1ccnc(C)n1.Cc1nccc(CO)n1.Cc1nccc(COC(=O)[C@@H](NC(=O)c2ccc3c(c2C)B(O)OC3)C(C)C)n1.Cc1nccc(Cl)n1.[B].[H-].[Na+]. The quantitative estimate of drug-likeness (QED) is 0.0795. The van der Waals surface area contributed by atoms with Crippen LogP contribution in [-0.2, 0) is 38.7 Å². The van der Waals surface area contributed by atoms with E-state index in [1.165, 1.54) is 12.3 Å². The minimum atomic E-state index is -1.04. The second kappa shape index (κ2) is 39.1. The van der Waals surface area contributed by atoms with Crippen molar-refractivity contribution in [1.29, 1.82) is 0 Å². The summed E-state index contributed by atoms with van der Waals surface area (Å²) in [4.78, 5) is 68.0. The molecule has 4 aromatic heterocycles. The summed E-state index contributed by atoms with van der Waals surface area (Å²) in [6, 6.07) is 9.15. The minimum Gasteiger partial charge on any atom is -1.00 e. The number of amides is 1. The average Bonchev–Trinajstić information content (AvgIpc) is 3.64. The maximum Gasteiger partial charge on any atom is 1.00 e. The maximum absolute atomic E-state index is 12.8. The van der Waals surface area contributed by atoms with E-state index in [2.05, 4.69) is 45.2 Å². The molecule has 5 heterocycles. The monoisotopic (exact) mass is 974 g/mol. The van der Waals surface area contributed by atoms with Crippen LogP contribution >= 0.6 is 11.6 Å². The first kappa shape index (κ1) is 69.7. The van der Waals surface area contributed by atoms with Gasteiger partial charge in [-0.2, -0.15) is 0 Å². The van der Waals surface area contributed by atoms with Crippen LogP contribution in [0.25, 0.3) is 0 Å². The number of aliphatic hydroxyl groups is 3. The number of esters is 2. The van der Waals surface area contributed by atoms with Crippen molar-refractivity contribution >= 4 is 50.4 Å². The number of benzene rings is 1. The Bertz CT molecular complexity index is 2190. The third-order valence-corrected chi connectivity index (χ3v) is 8.11. The number of carbonyl (C=O) groups excluding carboxylic acids is 3. The summed E-state index contributed by atoms with van der Waals surface area (Å²) >= 11 is 5.49. The van der Waals surface area contributed by atoms with Gasteiger partial charge in [-0.3, -0.25) is 4.79 Å². The average molecular weight is 975 g/mol. The van der Waals surface area contributed by atoms with Crippen LogP contribution in [0.5, 0.6) is 0 Å². The molecule has 0 spiro atoms. The summed E-state index contributed by atoms with van der Waals surface area (Å²) in [7, 11) is -1.04. The van der Waals surface area contributed by atoms with Gasteiger partial charge in [-0.1, -0.05) is 46.4 Å². The van der Waals surface area contributed by atoms with Gasteiger partial charge in [0.15, 0.2) is 5.69 Å². The fourth-order valence-corrected chi connectivity index (χ4v) is 5.26. The van der Waals surface area contributed by atoms with Crippen molar-refractivity contribution in [3.05, 3.63) is 123 Å². The van der Waals surface area contributed by atoms with Crippen molar-refractivity contribution in [3.8, 4) is 0 Å². The Morgan fingerprint density at radius 3 is 1.69 bits per heavy atom. The van der Waals surface area contributed by atoms with Gasteiger partial charge < -0.3 is 41.2 Å². The van der Waals surface area contributed by atoms with Crippen molar-refractivity contribution in [1.82, 2.24) is 45.2 Å². The number of ether oxygens (including phenoxy) is 2. The fourth-order valence-electron chi connectivity index (χ4n) is 5.08. The Hall–Kier alpha value is -4.83. The third-order valence-electron chi connectivity index (χ3n) is 7.89. The number of aliphatic hydroxyl groups excluding tert-OH is 3. The number of hydrogen-bond donors (Lipinski definition) is 5. The molecule has 367 valence electrons. The molecule has 0 unspecified atom stereocenters. The summed E-state index contributed by atoms with van der Waals surface area (Å²) in [5.41, 5.74) is 4.05. The number of hydrogen-bond acceptors (Lipinski definition) is 18. The summed E-state index contributed by atoms with van der Waals surface area (Å²) < 4.78 is 15.3. The summed E-state index contributed by atoms with van der Waals surface area (Å²) in [6.07, 6.45) is 6.40. The number of aromatic nitrogens is 8. The van der Waals surface area contributed by atoms with E-state index in [1.54, 1.807) is 104 Å². The summed E-state index contributed by atoms with van der Waals surface area (Å²) in [5.74, 6) is 1.04. The zero-order valence-electron chi connectivity index (χ0n) is 40.5. The molecule has 1 aliphatic rings. The van der Waals surface area contributed by atoms with Crippen LogP contribution in [0.1, 0.15) is 118 Å². The molecule has 0 saturated carbocycles. The number of carbonyl (C=O) groups is 3. The molecule has 3 radical (unpaired) electrons. The molecule has 5 N–H and O–H groups in total. The fraction of sp³-hybridized carbons (Fsp3) is 0.444. The van der Waals surface area contributed by atoms with Gasteiger partial charge in [-0.25, -0.2) is 49.5 Å². The predicted octanol–water partition coefficient (Wildman–Crippen LogP) is 1.49. The molecule has 19 nitrogen and oxygen atoms in total. The van der Waals surface area contributed by atoms with E-state index < -0.39 is 31.0 Å².